The topological polar surface area (TPSA) is 79.0 Å². The van der Waals surface area contributed by atoms with Gasteiger partial charge in [0.05, 0.1) is 19.4 Å². The van der Waals surface area contributed by atoms with E-state index in [1.807, 2.05) is 11.0 Å². The van der Waals surface area contributed by atoms with E-state index >= 15 is 0 Å². The number of hydrogen-bond acceptors (Lipinski definition) is 5. The Balaban J connectivity index is 1.90. The van der Waals surface area contributed by atoms with Crippen molar-refractivity contribution in [2.75, 3.05) is 52.2 Å². The van der Waals surface area contributed by atoms with Crippen LogP contribution in [-0.2, 0) is 4.79 Å². The number of rotatable bonds is 5. The van der Waals surface area contributed by atoms with Gasteiger partial charge in [0.25, 0.3) is 0 Å². The van der Waals surface area contributed by atoms with Crippen LogP contribution in [0.4, 0.5) is 5.69 Å². The molecule has 1 aliphatic heterocycles. The molecule has 1 fully saturated rings. The Hall–Kier alpha value is -2.05. The van der Waals surface area contributed by atoms with E-state index in [0.717, 1.165) is 18.7 Å². The van der Waals surface area contributed by atoms with Crippen LogP contribution >= 0.6 is 0 Å². The minimum absolute atomic E-state index is 0.00182. The first-order chi connectivity index (χ1) is 10.6. The van der Waals surface area contributed by atoms with Crippen molar-refractivity contribution >= 4 is 17.7 Å². The predicted octanol–water partition coefficient (Wildman–Crippen LogP) is 0.427. The van der Waals surface area contributed by atoms with E-state index in [1.165, 1.54) is 0 Å². The maximum atomic E-state index is 12.2. The molecule has 1 aromatic carbocycles. The lowest BCUT2D eigenvalue weighted by Crippen LogP contribution is -2.48. The summed E-state index contributed by atoms with van der Waals surface area (Å²) in [6.45, 7) is 3.81. The lowest BCUT2D eigenvalue weighted by Gasteiger charge is -2.33. The number of nitrogens with zero attached hydrogens (tertiary/aromatic N) is 2. The molecule has 1 aliphatic rings. The Bertz CT molecular complexity index is 537. The molecule has 3 N–H and O–H groups in total. The zero-order chi connectivity index (χ0) is 15.9. The van der Waals surface area contributed by atoms with Gasteiger partial charge >= 0.3 is 0 Å². The van der Waals surface area contributed by atoms with Gasteiger partial charge in [-0.3, -0.25) is 9.69 Å². The number of nitrogen functional groups attached to an aromatic ring is 1. The number of carbonyl (C=O) groups excluding carboxylic acids is 1. The van der Waals surface area contributed by atoms with E-state index in [0.29, 0.717) is 31.1 Å². The van der Waals surface area contributed by atoms with Gasteiger partial charge in [0.15, 0.2) is 0 Å². The van der Waals surface area contributed by atoms with E-state index in [-0.39, 0.29) is 12.5 Å². The van der Waals surface area contributed by atoms with Gasteiger partial charge in [-0.25, -0.2) is 0 Å². The van der Waals surface area contributed by atoms with E-state index in [4.69, 9.17) is 15.6 Å². The minimum Gasteiger partial charge on any atom is -0.495 e. The van der Waals surface area contributed by atoms with Crippen molar-refractivity contribution in [2.45, 2.75) is 0 Å². The number of ether oxygens (including phenoxy) is 1. The molecule has 120 valence electrons. The number of hydrogen-bond donors (Lipinski definition) is 2. The summed E-state index contributed by atoms with van der Waals surface area (Å²) in [6, 6.07) is 5.42. The molecule has 1 heterocycles. The van der Waals surface area contributed by atoms with Gasteiger partial charge < -0.3 is 20.5 Å². The van der Waals surface area contributed by atoms with Gasteiger partial charge in [-0.05, 0) is 23.8 Å². The summed E-state index contributed by atoms with van der Waals surface area (Å²) >= 11 is 0. The first-order valence-electron chi connectivity index (χ1n) is 7.37. The summed E-state index contributed by atoms with van der Waals surface area (Å²) in [5.74, 6) is 0.626. The predicted molar refractivity (Wildman–Crippen MR) is 86.5 cm³/mol. The van der Waals surface area contributed by atoms with E-state index < -0.39 is 0 Å². The van der Waals surface area contributed by atoms with Gasteiger partial charge in [0.2, 0.25) is 5.91 Å². The third kappa shape index (κ3) is 4.22. The number of aliphatic hydroxyl groups is 1. The standard InChI is InChI=1S/C16H23N3O3/c1-22-15-4-2-13(12-14(15)17)3-5-16(21)19-8-6-18(7-9-19)10-11-20/h2-5,12,20H,6-11,17H2,1H3/b5-3-. The molecule has 6 heteroatoms. The average Bonchev–Trinajstić information content (AvgIpc) is 2.54. The number of carbonyl (C=O) groups is 1. The molecule has 0 saturated carbocycles. The SMILES string of the molecule is COc1ccc(/C=C\C(=O)N2CCN(CCO)CC2)cc1N. The number of β-amino-alcohol motifs (C(OH)–C–C–N with tert-alkyl or cyclic N) is 1. The van der Waals surface area contributed by atoms with Crippen molar-refractivity contribution in [1.29, 1.82) is 0 Å². The van der Waals surface area contributed by atoms with Crippen LogP contribution < -0.4 is 10.5 Å². The first-order valence-corrected chi connectivity index (χ1v) is 7.37. The Morgan fingerprint density at radius 1 is 1.36 bits per heavy atom. The number of nitrogens with two attached hydrogens (primary N) is 1. The normalized spacial score (nSPS) is 16.2. The summed E-state index contributed by atoms with van der Waals surface area (Å²) in [5, 5.41) is 8.91. The number of aliphatic hydroxyl groups excluding tert-OH is 1. The third-order valence-corrected chi connectivity index (χ3v) is 3.77. The van der Waals surface area contributed by atoms with Gasteiger partial charge in [-0.1, -0.05) is 6.07 Å². The van der Waals surface area contributed by atoms with Crippen LogP contribution in [0.15, 0.2) is 24.3 Å². The summed E-state index contributed by atoms with van der Waals surface area (Å²) < 4.78 is 5.10. The third-order valence-electron chi connectivity index (χ3n) is 3.77. The second kappa shape index (κ2) is 7.82. The Morgan fingerprint density at radius 3 is 2.68 bits per heavy atom. The molecule has 0 aliphatic carbocycles. The minimum atomic E-state index is -0.00182. The van der Waals surface area contributed by atoms with Crippen molar-refractivity contribution in [2.24, 2.45) is 0 Å². The van der Waals surface area contributed by atoms with Crippen molar-refractivity contribution in [3.8, 4) is 5.75 Å². The highest BCUT2D eigenvalue weighted by Gasteiger charge is 2.18. The molecule has 2 rings (SSSR count). The van der Waals surface area contributed by atoms with Crippen LogP contribution in [0.2, 0.25) is 0 Å². The van der Waals surface area contributed by atoms with Crippen molar-refractivity contribution < 1.29 is 14.6 Å². The largest absolute Gasteiger partial charge is 0.495 e. The fourth-order valence-electron chi connectivity index (χ4n) is 2.46. The molecule has 6 nitrogen and oxygen atoms in total. The number of piperazine rings is 1. The second-order valence-corrected chi connectivity index (χ2v) is 5.23. The zero-order valence-electron chi connectivity index (χ0n) is 12.9. The molecule has 0 bridgehead atoms. The molecule has 1 aromatic rings. The number of benzene rings is 1. The van der Waals surface area contributed by atoms with Crippen LogP contribution in [0.1, 0.15) is 5.56 Å². The quantitative estimate of drug-likeness (QED) is 0.609. The van der Waals surface area contributed by atoms with Crippen LogP contribution in [0.3, 0.4) is 0 Å². The highest BCUT2D eigenvalue weighted by molar-refractivity contribution is 5.92. The fraction of sp³-hybridized carbons (Fsp3) is 0.438. The maximum Gasteiger partial charge on any atom is 0.246 e. The van der Waals surface area contributed by atoms with Crippen LogP contribution in [0.25, 0.3) is 6.08 Å². The molecule has 0 atom stereocenters. The van der Waals surface area contributed by atoms with Crippen molar-refractivity contribution in [3.05, 3.63) is 29.8 Å². The fourth-order valence-corrected chi connectivity index (χ4v) is 2.46. The van der Waals surface area contributed by atoms with Gasteiger partial charge in [-0.15, -0.1) is 0 Å². The smallest absolute Gasteiger partial charge is 0.246 e. The van der Waals surface area contributed by atoms with E-state index in [2.05, 4.69) is 4.90 Å². The highest BCUT2D eigenvalue weighted by Crippen LogP contribution is 2.22. The van der Waals surface area contributed by atoms with Crippen molar-refractivity contribution in [3.63, 3.8) is 0 Å². The Labute approximate surface area is 130 Å². The van der Waals surface area contributed by atoms with E-state index in [1.54, 1.807) is 31.4 Å². The van der Waals surface area contributed by atoms with Crippen molar-refractivity contribution in [1.82, 2.24) is 9.80 Å². The lowest BCUT2D eigenvalue weighted by molar-refractivity contribution is -0.127. The highest BCUT2D eigenvalue weighted by atomic mass is 16.5. The van der Waals surface area contributed by atoms with Crippen LogP contribution in [-0.4, -0.2) is 67.3 Å². The zero-order valence-corrected chi connectivity index (χ0v) is 12.9. The van der Waals surface area contributed by atoms with E-state index in [9.17, 15) is 4.79 Å². The molecule has 0 spiro atoms. The Kier molecular flexibility index (Phi) is 5.80. The monoisotopic (exact) mass is 305 g/mol. The van der Waals surface area contributed by atoms with Gasteiger partial charge in [0, 0.05) is 38.8 Å². The van der Waals surface area contributed by atoms with Gasteiger partial charge in [-0.2, -0.15) is 0 Å². The molecule has 22 heavy (non-hydrogen) atoms. The molecule has 0 aromatic heterocycles. The van der Waals surface area contributed by atoms with Crippen LogP contribution in [0, 0.1) is 0 Å². The first kappa shape index (κ1) is 16.3. The summed E-state index contributed by atoms with van der Waals surface area (Å²) in [6.07, 6.45) is 3.33. The Morgan fingerprint density at radius 2 is 2.09 bits per heavy atom. The number of anilines is 1. The van der Waals surface area contributed by atoms with Gasteiger partial charge in [0.1, 0.15) is 5.75 Å². The van der Waals surface area contributed by atoms with Crippen LogP contribution in [0.5, 0.6) is 5.75 Å². The number of amides is 1. The molecular weight excluding hydrogens is 282 g/mol. The summed E-state index contributed by atoms with van der Waals surface area (Å²) in [7, 11) is 1.57. The number of methoxy groups -OCH3 is 1. The maximum absolute atomic E-state index is 12.2. The second-order valence-electron chi connectivity index (χ2n) is 5.23. The lowest BCUT2D eigenvalue weighted by atomic mass is 10.1. The molecule has 0 radical (unpaired) electrons. The molecule has 0 unspecified atom stereocenters. The molecular formula is C16H23N3O3. The summed E-state index contributed by atoms with van der Waals surface area (Å²) in [5.41, 5.74) is 7.26. The molecule has 1 saturated heterocycles. The molecule has 1 amide bonds. The average molecular weight is 305 g/mol. The summed E-state index contributed by atoms with van der Waals surface area (Å²) in [4.78, 5) is 16.1.